The number of rotatable bonds is 19. The number of carbonyl (C=O) groups is 1. The summed E-state index contributed by atoms with van der Waals surface area (Å²) < 4.78 is 10.8. The second-order valence-corrected chi connectivity index (χ2v) is 9.30. The van der Waals surface area contributed by atoms with Gasteiger partial charge in [0.1, 0.15) is 11.4 Å². The Kier molecular flexibility index (Phi) is 15.2. The van der Waals surface area contributed by atoms with E-state index >= 15 is 0 Å². The maximum Gasteiger partial charge on any atom is 0.313 e. The van der Waals surface area contributed by atoms with Gasteiger partial charge in [0.15, 0.2) is 0 Å². The van der Waals surface area contributed by atoms with Gasteiger partial charge in [0.25, 0.3) is 0 Å². The lowest BCUT2D eigenvalue weighted by Gasteiger charge is -2.06. The van der Waals surface area contributed by atoms with E-state index in [1.807, 2.05) is 24.3 Å². The highest BCUT2D eigenvalue weighted by Crippen LogP contribution is 2.22. The number of ether oxygens (including phenoxy) is 2. The van der Waals surface area contributed by atoms with Gasteiger partial charge in [-0.25, -0.2) is 0 Å². The number of nitrogens with zero attached hydrogens (tertiary/aromatic N) is 2. The number of hydrogen-bond acceptors (Lipinski definition) is 5. The molecule has 0 bridgehead atoms. The number of aryl methyl sites for hydroxylation is 1. The highest BCUT2D eigenvalue weighted by molar-refractivity contribution is 5.72. The summed E-state index contributed by atoms with van der Waals surface area (Å²) in [5.74, 6) is 0.0502. The second kappa shape index (κ2) is 18.5. The summed E-state index contributed by atoms with van der Waals surface area (Å²) in [7, 11) is 0. The molecule has 0 unspecified atom stereocenters. The number of unbranched alkanes of at least 4 members (excludes halogenated alkanes) is 9. The first-order valence-electron chi connectivity index (χ1n) is 13.8. The molecule has 2 rings (SSSR count). The van der Waals surface area contributed by atoms with E-state index in [2.05, 4.69) is 19.0 Å². The van der Waals surface area contributed by atoms with Crippen LogP contribution in [0.3, 0.4) is 0 Å². The Morgan fingerprint density at radius 1 is 0.778 bits per heavy atom. The van der Waals surface area contributed by atoms with Crippen LogP contribution in [0.1, 0.15) is 96.5 Å². The summed E-state index contributed by atoms with van der Waals surface area (Å²) in [4.78, 5) is 12.6. The molecule has 6 nitrogen and oxygen atoms in total. The Morgan fingerprint density at radius 3 is 2.06 bits per heavy atom. The summed E-state index contributed by atoms with van der Waals surface area (Å²) >= 11 is 0. The van der Waals surface area contributed by atoms with Crippen molar-refractivity contribution in [3.05, 3.63) is 59.3 Å². The molecule has 0 spiro atoms. The van der Waals surface area contributed by atoms with E-state index in [0.717, 1.165) is 19.3 Å². The Bertz CT molecular complexity index is 879. The molecular weight excluding hydrogens is 452 g/mol. The van der Waals surface area contributed by atoms with E-state index in [1.54, 1.807) is 24.3 Å². The van der Waals surface area contributed by atoms with Crippen LogP contribution < -0.4 is 4.74 Å². The third-order valence-corrected chi connectivity index (χ3v) is 6.09. The summed E-state index contributed by atoms with van der Waals surface area (Å²) in [6, 6.07) is 14.2. The van der Waals surface area contributed by atoms with Crippen molar-refractivity contribution in [1.29, 1.82) is 0 Å². The van der Waals surface area contributed by atoms with Gasteiger partial charge in [0.2, 0.25) is 5.69 Å². The maximum absolute atomic E-state index is 12.4. The van der Waals surface area contributed by atoms with Crippen molar-refractivity contribution in [3.63, 3.8) is 0 Å². The molecule has 0 fully saturated rings. The Morgan fingerprint density at radius 2 is 1.39 bits per heavy atom. The summed E-state index contributed by atoms with van der Waals surface area (Å²) in [6.45, 7) is 5.46. The zero-order valence-corrected chi connectivity index (χ0v) is 22.3. The normalized spacial score (nSPS) is 11.6. The van der Waals surface area contributed by atoms with Crippen LogP contribution in [0, 0.1) is 5.21 Å². The van der Waals surface area contributed by atoms with E-state index in [1.165, 1.54) is 63.4 Å². The molecule has 198 valence electrons. The zero-order valence-electron chi connectivity index (χ0n) is 22.3. The van der Waals surface area contributed by atoms with Gasteiger partial charge in [-0.05, 0) is 49.1 Å². The monoisotopic (exact) mass is 496 g/mol. The molecule has 0 heterocycles. The molecule has 2 aromatic carbocycles. The van der Waals surface area contributed by atoms with Gasteiger partial charge >= 0.3 is 5.97 Å². The summed E-state index contributed by atoms with van der Waals surface area (Å²) in [5, 5.41) is 16.6. The predicted molar refractivity (Wildman–Crippen MR) is 145 cm³/mol. The van der Waals surface area contributed by atoms with Crippen molar-refractivity contribution in [2.24, 2.45) is 5.11 Å². The summed E-state index contributed by atoms with van der Waals surface area (Å²) in [5.41, 5.74) is 2.25. The van der Waals surface area contributed by atoms with Crippen molar-refractivity contribution in [2.75, 3.05) is 13.2 Å². The molecule has 0 amide bonds. The van der Waals surface area contributed by atoms with Crippen LogP contribution in [0.5, 0.6) is 5.75 Å². The van der Waals surface area contributed by atoms with E-state index in [0.29, 0.717) is 35.2 Å². The number of carbonyl (C=O) groups excluding carboxylic acids is 1. The minimum Gasteiger partial charge on any atom is -0.594 e. The number of esters is 1. The van der Waals surface area contributed by atoms with Crippen LogP contribution in [0.2, 0.25) is 0 Å². The number of hydrogen-bond donors (Lipinski definition) is 0. The van der Waals surface area contributed by atoms with Crippen molar-refractivity contribution in [3.8, 4) is 5.75 Å². The fraction of sp³-hybridized carbons (Fsp3) is 0.567. The molecule has 36 heavy (non-hydrogen) atoms. The molecule has 6 heteroatoms. The molecule has 0 saturated carbocycles. The van der Waals surface area contributed by atoms with Gasteiger partial charge in [-0.15, -0.1) is 0 Å². The molecule has 0 radical (unpaired) electrons. The standard InChI is InChI=1S/C30H44N2O4/c1-3-5-7-9-10-12-14-26-15-17-27(18-16-26)31-32(34)28-19-21-29(22-20-28)36-30(33)23-25-35-24-13-11-8-6-4-2/h15-22H,3-14,23-25H2,1-2H3. The topological polar surface area (TPSA) is 74.0 Å². The smallest absolute Gasteiger partial charge is 0.313 e. The van der Waals surface area contributed by atoms with Crippen molar-refractivity contribution in [2.45, 2.75) is 97.3 Å². The van der Waals surface area contributed by atoms with E-state index in [-0.39, 0.29) is 12.4 Å². The minimum atomic E-state index is -0.349. The van der Waals surface area contributed by atoms with Crippen molar-refractivity contribution in [1.82, 2.24) is 0 Å². The largest absolute Gasteiger partial charge is 0.594 e. The Hall–Kier alpha value is -2.73. The maximum atomic E-state index is 12.4. The van der Waals surface area contributed by atoms with Gasteiger partial charge in [-0.3, -0.25) is 4.79 Å². The van der Waals surface area contributed by atoms with Crippen LogP contribution in [0.15, 0.2) is 53.6 Å². The average Bonchev–Trinajstić information content (AvgIpc) is 2.89. The van der Waals surface area contributed by atoms with Gasteiger partial charge in [-0.1, -0.05) is 88.6 Å². The molecular formula is C30H44N2O4. The van der Waals surface area contributed by atoms with Crippen LogP contribution in [-0.2, 0) is 16.0 Å². The second-order valence-electron chi connectivity index (χ2n) is 9.30. The first-order valence-corrected chi connectivity index (χ1v) is 13.8. The van der Waals surface area contributed by atoms with Crippen LogP contribution in [0.25, 0.3) is 0 Å². The molecule has 0 saturated heterocycles. The van der Waals surface area contributed by atoms with Gasteiger partial charge in [-0.2, -0.15) is 0 Å². The SMILES string of the molecule is CCCCCCCCc1ccc(N=[N+]([O-])c2ccc(OC(=O)CCOCCCCCCC)cc2)cc1. The van der Waals surface area contributed by atoms with Gasteiger partial charge < -0.3 is 14.7 Å². The number of benzene rings is 2. The van der Waals surface area contributed by atoms with Gasteiger partial charge in [0, 0.05) is 23.9 Å². The van der Waals surface area contributed by atoms with E-state index < -0.39 is 0 Å². The Balaban J connectivity index is 1.70. The molecule has 0 atom stereocenters. The van der Waals surface area contributed by atoms with Crippen LogP contribution >= 0.6 is 0 Å². The molecule has 2 aromatic rings. The van der Waals surface area contributed by atoms with Crippen LogP contribution in [-0.4, -0.2) is 24.0 Å². The lowest BCUT2D eigenvalue weighted by molar-refractivity contribution is -0.435. The van der Waals surface area contributed by atoms with Crippen LogP contribution in [0.4, 0.5) is 11.4 Å². The first kappa shape index (κ1) is 29.5. The van der Waals surface area contributed by atoms with E-state index in [9.17, 15) is 10.0 Å². The lowest BCUT2D eigenvalue weighted by atomic mass is 10.0. The fourth-order valence-electron chi connectivity index (χ4n) is 3.89. The third kappa shape index (κ3) is 12.8. The first-order chi connectivity index (χ1) is 17.6. The fourth-order valence-corrected chi connectivity index (χ4v) is 3.89. The molecule has 0 aliphatic rings. The third-order valence-electron chi connectivity index (χ3n) is 6.09. The highest BCUT2D eigenvalue weighted by atomic mass is 16.5. The van der Waals surface area contributed by atoms with Crippen molar-refractivity contribution >= 4 is 17.3 Å². The average molecular weight is 497 g/mol. The highest BCUT2D eigenvalue weighted by Gasteiger charge is 2.09. The predicted octanol–water partition coefficient (Wildman–Crippen LogP) is 8.80. The lowest BCUT2D eigenvalue weighted by Crippen LogP contribution is -2.11. The molecule has 0 N–H and O–H groups in total. The zero-order chi connectivity index (χ0) is 25.8. The number of azo groups is 1. The van der Waals surface area contributed by atoms with E-state index in [4.69, 9.17) is 9.47 Å². The molecule has 0 aromatic heterocycles. The Labute approximate surface area is 217 Å². The van der Waals surface area contributed by atoms with Crippen molar-refractivity contribution < 1.29 is 19.1 Å². The quantitative estimate of drug-likeness (QED) is 0.0486. The minimum absolute atomic E-state index is 0.203. The summed E-state index contributed by atoms with van der Waals surface area (Å²) in [6.07, 6.45) is 14.8. The molecule has 0 aliphatic heterocycles. The molecule has 0 aliphatic carbocycles. The van der Waals surface area contributed by atoms with Gasteiger partial charge in [0.05, 0.1) is 13.0 Å².